The summed E-state index contributed by atoms with van der Waals surface area (Å²) in [6.45, 7) is 7.46. The van der Waals surface area contributed by atoms with Crippen LogP contribution in [0, 0.1) is 29.1 Å². The molecule has 0 spiro atoms. The summed E-state index contributed by atoms with van der Waals surface area (Å²) in [5.41, 5.74) is 1.02. The van der Waals surface area contributed by atoms with Crippen LogP contribution in [-0.4, -0.2) is 8.07 Å². The number of fused-ring (bicyclic) bond motifs is 2. The molecule has 0 amide bonds. The summed E-state index contributed by atoms with van der Waals surface area (Å²) in [6.07, 6.45) is 3.96. The Balaban J connectivity index is 2.08. The number of nitriles is 1. The molecule has 2 fully saturated rings. The van der Waals surface area contributed by atoms with E-state index < -0.39 is 8.07 Å². The minimum absolute atomic E-state index is 0.414. The molecule has 13 heavy (non-hydrogen) atoms. The van der Waals surface area contributed by atoms with Gasteiger partial charge in [0.25, 0.3) is 0 Å². The van der Waals surface area contributed by atoms with Gasteiger partial charge in [0.05, 0.1) is 6.07 Å². The van der Waals surface area contributed by atoms with Gasteiger partial charge in [0, 0.05) is 14.0 Å². The molecule has 1 nitrogen and oxygen atoms in total. The lowest BCUT2D eigenvalue weighted by Crippen LogP contribution is -2.33. The van der Waals surface area contributed by atoms with E-state index in [0.29, 0.717) is 5.92 Å². The second kappa shape index (κ2) is 2.85. The molecule has 0 unspecified atom stereocenters. The average Bonchev–Trinajstić information content (AvgIpc) is 2.59. The maximum atomic E-state index is 8.94. The molecule has 72 valence electrons. The quantitative estimate of drug-likeness (QED) is 0.586. The van der Waals surface area contributed by atoms with Crippen molar-refractivity contribution in [1.29, 1.82) is 5.26 Å². The molecule has 2 aliphatic carbocycles. The van der Waals surface area contributed by atoms with Crippen molar-refractivity contribution < 1.29 is 0 Å². The van der Waals surface area contributed by atoms with Gasteiger partial charge < -0.3 is 0 Å². The van der Waals surface area contributed by atoms with Crippen LogP contribution in [0.1, 0.15) is 19.3 Å². The van der Waals surface area contributed by atoms with Crippen molar-refractivity contribution >= 4 is 8.07 Å². The molecule has 2 heteroatoms. The van der Waals surface area contributed by atoms with E-state index in [4.69, 9.17) is 5.26 Å². The highest BCUT2D eigenvalue weighted by molar-refractivity contribution is 6.77. The van der Waals surface area contributed by atoms with Crippen LogP contribution in [0.3, 0.4) is 0 Å². The zero-order valence-corrected chi connectivity index (χ0v) is 9.88. The molecule has 0 N–H and O–H groups in total. The lowest BCUT2D eigenvalue weighted by atomic mass is 9.90. The molecule has 0 aromatic heterocycles. The second-order valence-corrected chi connectivity index (χ2v) is 11.4. The average molecular weight is 193 g/mol. The van der Waals surface area contributed by atoms with E-state index in [0.717, 1.165) is 17.4 Å². The first-order valence-electron chi connectivity index (χ1n) is 5.42. The Bertz CT molecular complexity index is 248. The largest absolute Gasteiger partial charge is 0.198 e. The van der Waals surface area contributed by atoms with Crippen LogP contribution >= 0.6 is 0 Å². The Morgan fingerprint density at radius 3 is 2.15 bits per heavy atom. The van der Waals surface area contributed by atoms with Gasteiger partial charge >= 0.3 is 0 Å². The SMILES string of the molecule is C[Si](C)(C)[C@@H]1C[C@@H]2C[C@H]1C[C@@H]2C#N. The van der Waals surface area contributed by atoms with E-state index in [1.54, 1.807) is 0 Å². The summed E-state index contributed by atoms with van der Waals surface area (Å²) < 4.78 is 0. The fourth-order valence-electron chi connectivity index (χ4n) is 3.49. The lowest BCUT2D eigenvalue weighted by molar-refractivity contribution is 0.396. The minimum Gasteiger partial charge on any atom is -0.198 e. The van der Waals surface area contributed by atoms with Crippen molar-refractivity contribution in [2.75, 3.05) is 0 Å². The third-order valence-electron chi connectivity index (χ3n) is 4.14. The van der Waals surface area contributed by atoms with Gasteiger partial charge in [-0.05, 0) is 36.6 Å². The molecule has 0 aromatic rings. The van der Waals surface area contributed by atoms with Crippen molar-refractivity contribution in [2.45, 2.75) is 44.4 Å². The summed E-state index contributed by atoms with van der Waals surface area (Å²) in [4.78, 5) is 0. The number of rotatable bonds is 1. The van der Waals surface area contributed by atoms with Crippen LogP contribution in [0.5, 0.6) is 0 Å². The summed E-state index contributed by atoms with van der Waals surface area (Å²) in [5, 5.41) is 8.94. The Morgan fingerprint density at radius 1 is 1.08 bits per heavy atom. The fourth-order valence-corrected chi connectivity index (χ4v) is 6.19. The third kappa shape index (κ3) is 1.44. The van der Waals surface area contributed by atoms with Gasteiger partial charge in [-0.25, -0.2) is 0 Å². The van der Waals surface area contributed by atoms with Gasteiger partial charge in [0.15, 0.2) is 0 Å². The first-order chi connectivity index (χ1) is 6.02. The predicted octanol–water partition coefficient (Wildman–Crippen LogP) is 3.26. The summed E-state index contributed by atoms with van der Waals surface area (Å²) in [6, 6.07) is 2.48. The number of hydrogen-bond donors (Lipinski definition) is 0. The lowest BCUT2D eigenvalue weighted by Gasteiger charge is -2.33. The standard InChI is InChI=1S/C11H19NSi/c1-13(2,3)11-6-8-4-9(11)5-10(8)7-12/h8-11H,4-6H2,1-3H3/t8-,9-,10+,11+/m0/s1. The molecule has 0 saturated heterocycles. The summed E-state index contributed by atoms with van der Waals surface area (Å²) in [5.74, 6) is 2.10. The topological polar surface area (TPSA) is 23.8 Å². The Hall–Kier alpha value is -0.293. The second-order valence-electron chi connectivity index (χ2n) is 5.94. The van der Waals surface area contributed by atoms with Crippen molar-refractivity contribution in [3.63, 3.8) is 0 Å². The Kier molecular flexibility index (Phi) is 2.03. The Morgan fingerprint density at radius 2 is 1.77 bits per heavy atom. The van der Waals surface area contributed by atoms with Crippen LogP contribution in [0.15, 0.2) is 0 Å². The van der Waals surface area contributed by atoms with Gasteiger partial charge in [0.2, 0.25) is 0 Å². The molecular weight excluding hydrogens is 174 g/mol. The Labute approximate surface area is 82.2 Å². The molecular formula is C11H19NSi. The van der Waals surface area contributed by atoms with Crippen LogP contribution in [0.4, 0.5) is 0 Å². The maximum absolute atomic E-state index is 8.94. The van der Waals surface area contributed by atoms with Crippen molar-refractivity contribution in [3.05, 3.63) is 0 Å². The predicted molar refractivity (Wildman–Crippen MR) is 57.0 cm³/mol. The molecule has 0 aliphatic heterocycles. The highest BCUT2D eigenvalue weighted by Gasteiger charge is 2.49. The van der Waals surface area contributed by atoms with Crippen LogP contribution in [0.2, 0.25) is 25.2 Å². The first kappa shape index (κ1) is 9.27. The smallest absolute Gasteiger partial charge is 0.0658 e. The summed E-state index contributed by atoms with van der Waals surface area (Å²) >= 11 is 0. The molecule has 0 aromatic carbocycles. The normalized spacial score (nSPS) is 43.5. The highest BCUT2D eigenvalue weighted by atomic mass is 28.3. The molecule has 2 rings (SSSR count). The van der Waals surface area contributed by atoms with E-state index in [1.165, 1.54) is 19.3 Å². The van der Waals surface area contributed by atoms with Gasteiger partial charge in [-0.2, -0.15) is 5.26 Å². The molecule has 0 radical (unpaired) electrons. The van der Waals surface area contributed by atoms with E-state index in [-0.39, 0.29) is 0 Å². The van der Waals surface area contributed by atoms with E-state index in [1.807, 2.05) is 0 Å². The third-order valence-corrected chi connectivity index (χ3v) is 7.07. The van der Waals surface area contributed by atoms with Gasteiger partial charge in [0.1, 0.15) is 0 Å². The summed E-state index contributed by atoms with van der Waals surface area (Å²) in [7, 11) is -0.930. The van der Waals surface area contributed by atoms with Crippen molar-refractivity contribution in [2.24, 2.45) is 17.8 Å². The molecule has 0 heterocycles. The van der Waals surface area contributed by atoms with Crippen LogP contribution < -0.4 is 0 Å². The van der Waals surface area contributed by atoms with E-state index in [2.05, 4.69) is 25.7 Å². The molecule has 2 aliphatic rings. The van der Waals surface area contributed by atoms with Crippen molar-refractivity contribution in [3.8, 4) is 6.07 Å². The fraction of sp³-hybridized carbons (Fsp3) is 0.909. The maximum Gasteiger partial charge on any atom is 0.0658 e. The molecule has 4 atom stereocenters. The molecule has 2 saturated carbocycles. The highest BCUT2D eigenvalue weighted by Crippen LogP contribution is 2.57. The monoisotopic (exact) mass is 193 g/mol. The van der Waals surface area contributed by atoms with E-state index in [9.17, 15) is 0 Å². The first-order valence-corrected chi connectivity index (χ1v) is 8.99. The van der Waals surface area contributed by atoms with Gasteiger partial charge in [-0.3, -0.25) is 0 Å². The van der Waals surface area contributed by atoms with Crippen molar-refractivity contribution in [1.82, 2.24) is 0 Å². The van der Waals surface area contributed by atoms with Crippen LogP contribution in [0.25, 0.3) is 0 Å². The zero-order valence-electron chi connectivity index (χ0n) is 8.88. The van der Waals surface area contributed by atoms with Gasteiger partial charge in [-0.1, -0.05) is 19.6 Å². The zero-order chi connectivity index (χ0) is 9.64. The van der Waals surface area contributed by atoms with E-state index >= 15 is 0 Å². The number of hydrogen-bond acceptors (Lipinski definition) is 1. The number of nitrogens with zero attached hydrogens (tertiary/aromatic N) is 1. The van der Waals surface area contributed by atoms with Crippen LogP contribution in [-0.2, 0) is 0 Å². The minimum atomic E-state index is -0.930. The molecule has 2 bridgehead atoms. The van der Waals surface area contributed by atoms with Gasteiger partial charge in [-0.15, -0.1) is 0 Å².